The number of aryl methyl sites for hydroxylation is 2. The van der Waals surface area contributed by atoms with Crippen molar-refractivity contribution >= 4 is 11.8 Å². The number of nitrogens with zero attached hydrogens (tertiary/aromatic N) is 4. The summed E-state index contributed by atoms with van der Waals surface area (Å²) in [5.41, 5.74) is 0.918. The summed E-state index contributed by atoms with van der Waals surface area (Å²) in [4.78, 5) is 4.33. The number of aliphatic hydroxyl groups is 1. The topological polar surface area (TPSA) is 77.0 Å². The molecule has 19 heavy (non-hydrogen) atoms. The minimum atomic E-state index is -0.0925. The molecule has 0 fully saturated rings. The van der Waals surface area contributed by atoms with Crippen LogP contribution in [0.15, 0.2) is 9.57 Å². The zero-order chi connectivity index (χ0) is 13.8. The molecule has 1 N–H and O–H groups in total. The molecule has 0 saturated carbocycles. The smallest absolute Gasteiger partial charge is 0.205 e. The Morgan fingerprint density at radius 3 is 2.68 bits per heavy atom. The maximum atomic E-state index is 9.22. The molecule has 104 valence electrons. The molecule has 0 atom stereocenters. The molecule has 7 heteroatoms. The lowest BCUT2D eigenvalue weighted by atomic mass is 10.4. The van der Waals surface area contributed by atoms with Crippen molar-refractivity contribution in [2.45, 2.75) is 51.3 Å². The third-order valence-electron chi connectivity index (χ3n) is 2.78. The van der Waals surface area contributed by atoms with Gasteiger partial charge in [-0.25, -0.2) is 4.98 Å². The standard InChI is InChI=1S/C12H18N4O2S/c1-4-5-16-10(6-17)14-15-12(16)19-7-11-13-8(2)9(3)18-11/h17H,4-7H2,1-3H3. The van der Waals surface area contributed by atoms with E-state index in [0.717, 1.165) is 29.6 Å². The Kier molecular flexibility index (Phi) is 4.60. The van der Waals surface area contributed by atoms with Crippen molar-refractivity contribution in [2.75, 3.05) is 0 Å². The average molecular weight is 282 g/mol. The summed E-state index contributed by atoms with van der Waals surface area (Å²) in [6.07, 6.45) is 0.968. The van der Waals surface area contributed by atoms with Crippen LogP contribution in [0.25, 0.3) is 0 Å². The monoisotopic (exact) mass is 282 g/mol. The fourth-order valence-corrected chi connectivity index (χ4v) is 2.55. The van der Waals surface area contributed by atoms with Gasteiger partial charge in [0, 0.05) is 6.54 Å². The van der Waals surface area contributed by atoms with Gasteiger partial charge in [-0.2, -0.15) is 0 Å². The van der Waals surface area contributed by atoms with Gasteiger partial charge in [-0.3, -0.25) is 0 Å². The van der Waals surface area contributed by atoms with Crippen LogP contribution in [0.1, 0.15) is 36.5 Å². The van der Waals surface area contributed by atoms with Crippen LogP contribution in [0, 0.1) is 13.8 Å². The van der Waals surface area contributed by atoms with Crippen LogP contribution >= 0.6 is 11.8 Å². The van der Waals surface area contributed by atoms with E-state index in [2.05, 4.69) is 22.1 Å². The van der Waals surface area contributed by atoms with Gasteiger partial charge in [-0.05, 0) is 20.3 Å². The average Bonchev–Trinajstić information content (AvgIpc) is 2.92. The lowest BCUT2D eigenvalue weighted by Crippen LogP contribution is -2.04. The van der Waals surface area contributed by atoms with Gasteiger partial charge in [0.15, 0.2) is 11.0 Å². The highest BCUT2D eigenvalue weighted by molar-refractivity contribution is 7.98. The van der Waals surface area contributed by atoms with E-state index in [9.17, 15) is 5.11 Å². The van der Waals surface area contributed by atoms with Crippen molar-refractivity contribution in [3.63, 3.8) is 0 Å². The second kappa shape index (κ2) is 6.21. The zero-order valence-electron chi connectivity index (χ0n) is 11.4. The van der Waals surface area contributed by atoms with Gasteiger partial charge in [0.25, 0.3) is 0 Å². The number of oxazole rings is 1. The van der Waals surface area contributed by atoms with Gasteiger partial charge in [-0.1, -0.05) is 18.7 Å². The molecule has 0 bridgehead atoms. The van der Waals surface area contributed by atoms with Crippen molar-refractivity contribution in [3.05, 3.63) is 23.2 Å². The summed E-state index contributed by atoms with van der Waals surface area (Å²) < 4.78 is 7.47. The number of hydrogen-bond acceptors (Lipinski definition) is 6. The van der Waals surface area contributed by atoms with Crippen molar-refractivity contribution in [1.29, 1.82) is 0 Å². The number of aromatic nitrogens is 4. The molecule has 2 heterocycles. The van der Waals surface area contributed by atoms with Crippen LogP contribution < -0.4 is 0 Å². The summed E-state index contributed by atoms with van der Waals surface area (Å²) in [6, 6.07) is 0. The third-order valence-corrected chi connectivity index (χ3v) is 3.73. The van der Waals surface area contributed by atoms with E-state index in [-0.39, 0.29) is 6.61 Å². The van der Waals surface area contributed by atoms with Gasteiger partial charge in [-0.15, -0.1) is 10.2 Å². The summed E-state index contributed by atoms with van der Waals surface area (Å²) in [5.74, 6) is 2.75. The third kappa shape index (κ3) is 3.16. The van der Waals surface area contributed by atoms with E-state index in [1.165, 1.54) is 11.8 Å². The van der Waals surface area contributed by atoms with Crippen molar-refractivity contribution < 1.29 is 9.52 Å². The van der Waals surface area contributed by atoms with Crippen LogP contribution in [0.2, 0.25) is 0 Å². The maximum Gasteiger partial charge on any atom is 0.205 e. The van der Waals surface area contributed by atoms with Crippen LogP contribution in [0.3, 0.4) is 0 Å². The lowest BCUT2D eigenvalue weighted by molar-refractivity contribution is 0.263. The van der Waals surface area contributed by atoms with Gasteiger partial charge < -0.3 is 14.1 Å². The van der Waals surface area contributed by atoms with E-state index in [1.54, 1.807) is 0 Å². The van der Waals surface area contributed by atoms with E-state index >= 15 is 0 Å². The first-order valence-electron chi connectivity index (χ1n) is 6.24. The van der Waals surface area contributed by atoms with Gasteiger partial charge in [0.05, 0.1) is 11.4 Å². The molecule has 0 amide bonds. The van der Waals surface area contributed by atoms with Gasteiger partial charge in [0.2, 0.25) is 5.89 Å². The molecule has 0 aromatic carbocycles. The molecule has 0 aliphatic carbocycles. The SMILES string of the molecule is CCCn1c(CO)nnc1SCc1nc(C)c(C)o1. The number of rotatable bonds is 6. The largest absolute Gasteiger partial charge is 0.445 e. The summed E-state index contributed by atoms with van der Waals surface area (Å²) in [5, 5.41) is 18.1. The van der Waals surface area contributed by atoms with Crippen LogP contribution in [-0.2, 0) is 18.9 Å². The maximum absolute atomic E-state index is 9.22. The van der Waals surface area contributed by atoms with E-state index < -0.39 is 0 Å². The summed E-state index contributed by atoms with van der Waals surface area (Å²) >= 11 is 1.52. The highest BCUT2D eigenvalue weighted by atomic mass is 32.2. The lowest BCUT2D eigenvalue weighted by Gasteiger charge is -2.06. The van der Waals surface area contributed by atoms with Crippen molar-refractivity contribution in [1.82, 2.24) is 19.7 Å². The Hall–Kier alpha value is -1.34. The normalized spacial score (nSPS) is 11.2. The van der Waals surface area contributed by atoms with Gasteiger partial charge in [0.1, 0.15) is 12.4 Å². The van der Waals surface area contributed by atoms with E-state index in [1.807, 2.05) is 18.4 Å². The second-order valence-corrected chi connectivity index (χ2v) is 5.19. The predicted molar refractivity (Wildman–Crippen MR) is 71.8 cm³/mol. The van der Waals surface area contributed by atoms with E-state index in [0.29, 0.717) is 17.5 Å². The molecule has 2 aromatic rings. The van der Waals surface area contributed by atoms with Gasteiger partial charge >= 0.3 is 0 Å². The minimum absolute atomic E-state index is 0.0925. The highest BCUT2D eigenvalue weighted by Crippen LogP contribution is 2.23. The molecular weight excluding hydrogens is 264 g/mol. The quantitative estimate of drug-likeness (QED) is 0.817. The summed E-state index contributed by atoms with van der Waals surface area (Å²) in [7, 11) is 0. The first-order valence-corrected chi connectivity index (χ1v) is 7.22. The Bertz CT molecular complexity index is 530. The zero-order valence-corrected chi connectivity index (χ0v) is 12.2. The second-order valence-electron chi connectivity index (χ2n) is 4.25. The Balaban J connectivity index is 2.08. The summed E-state index contributed by atoms with van der Waals surface area (Å²) in [6.45, 7) is 6.62. The molecule has 6 nitrogen and oxygen atoms in total. The fourth-order valence-electron chi connectivity index (χ4n) is 1.72. The highest BCUT2D eigenvalue weighted by Gasteiger charge is 2.13. The molecule has 2 aromatic heterocycles. The Morgan fingerprint density at radius 1 is 1.32 bits per heavy atom. The molecule has 0 aliphatic heterocycles. The minimum Gasteiger partial charge on any atom is -0.445 e. The van der Waals surface area contributed by atoms with Crippen molar-refractivity contribution in [3.8, 4) is 0 Å². The predicted octanol–water partition coefficient (Wildman–Crippen LogP) is 2.08. The molecular formula is C12H18N4O2S. The molecule has 2 rings (SSSR count). The van der Waals surface area contributed by atoms with Crippen LogP contribution in [0.4, 0.5) is 0 Å². The number of aliphatic hydroxyl groups excluding tert-OH is 1. The Labute approximate surface area is 116 Å². The Morgan fingerprint density at radius 2 is 2.11 bits per heavy atom. The molecule has 0 saturated heterocycles. The van der Waals surface area contributed by atoms with Crippen molar-refractivity contribution in [2.24, 2.45) is 0 Å². The van der Waals surface area contributed by atoms with Crippen LogP contribution in [-0.4, -0.2) is 24.9 Å². The first kappa shape index (κ1) is 14.1. The number of hydrogen-bond donors (Lipinski definition) is 1. The van der Waals surface area contributed by atoms with E-state index in [4.69, 9.17) is 4.42 Å². The molecule has 0 aliphatic rings. The van der Waals surface area contributed by atoms with Crippen LogP contribution in [0.5, 0.6) is 0 Å². The molecule has 0 unspecified atom stereocenters. The molecule has 0 radical (unpaired) electrons. The molecule has 0 spiro atoms. The first-order chi connectivity index (χ1) is 9.15. The fraction of sp³-hybridized carbons (Fsp3) is 0.583. The number of thioether (sulfide) groups is 1.